The molecule has 6 nitrogen and oxygen atoms in total. The summed E-state index contributed by atoms with van der Waals surface area (Å²) in [4.78, 5) is 0. The van der Waals surface area contributed by atoms with Crippen LogP contribution in [0.3, 0.4) is 0 Å². The van der Waals surface area contributed by atoms with Crippen LogP contribution in [0, 0.1) is 0 Å². The van der Waals surface area contributed by atoms with Gasteiger partial charge in [-0.3, -0.25) is 0 Å². The highest BCUT2D eigenvalue weighted by molar-refractivity contribution is 5.28. The summed E-state index contributed by atoms with van der Waals surface area (Å²) in [5.74, 6) is 0.948. The van der Waals surface area contributed by atoms with Gasteiger partial charge in [0.1, 0.15) is 12.4 Å². The van der Waals surface area contributed by atoms with E-state index in [0.29, 0.717) is 33.0 Å². The maximum atomic E-state index is 5.88. The van der Waals surface area contributed by atoms with Gasteiger partial charge in [0, 0.05) is 19.7 Å². The number of nitrogens with two attached hydrogens (primary N) is 1. The van der Waals surface area contributed by atoms with E-state index in [1.165, 1.54) is 37.7 Å². The van der Waals surface area contributed by atoms with E-state index < -0.39 is 0 Å². The van der Waals surface area contributed by atoms with Crippen molar-refractivity contribution in [1.82, 2.24) is 10.6 Å². The standard InChI is InChI=1S/C24H45N3O3/c1-2-3-13-26-14-5-4-6-15-27-16-19-30-24-11-7-9-23(22-24)10-8-17-28-20-21-29-18-12-25/h7,9,11,22,26-27H,2-6,8,10,12-21,25H2,1H3. The van der Waals surface area contributed by atoms with E-state index in [1.54, 1.807) is 0 Å². The molecular formula is C24H45N3O3. The fourth-order valence-corrected chi connectivity index (χ4v) is 3.04. The lowest BCUT2D eigenvalue weighted by Gasteiger charge is -2.10. The molecule has 0 saturated heterocycles. The molecule has 0 heterocycles. The summed E-state index contributed by atoms with van der Waals surface area (Å²) in [6.45, 7) is 10.3. The average molecular weight is 424 g/mol. The molecule has 1 aromatic rings. The lowest BCUT2D eigenvalue weighted by Crippen LogP contribution is -2.22. The van der Waals surface area contributed by atoms with Crippen LogP contribution in [0.25, 0.3) is 0 Å². The number of rotatable bonds is 22. The van der Waals surface area contributed by atoms with Crippen LogP contribution in [0.1, 0.15) is 51.0 Å². The van der Waals surface area contributed by atoms with Gasteiger partial charge in [-0.25, -0.2) is 0 Å². The van der Waals surface area contributed by atoms with Gasteiger partial charge >= 0.3 is 0 Å². The van der Waals surface area contributed by atoms with Gasteiger partial charge in [0.2, 0.25) is 0 Å². The lowest BCUT2D eigenvalue weighted by molar-refractivity contribution is 0.0499. The van der Waals surface area contributed by atoms with Crippen LogP contribution in [-0.4, -0.2) is 65.8 Å². The van der Waals surface area contributed by atoms with Crippen LogP contribution < -0.4 is 21.1 Å². The zero-order valence-electron chi connectivity index (χ0n) is 19.1. The van der Waals surface area contributed by atoms with Gasteiger partial charge < -0.3 is 30.6 Å². The van der Waals surface area contributed by atoms with Crippen LogP contribution in [0.2, 0.25) is 0 Å². The van der Waals surface area contributed by atoms with Gasteiger partial charge in [0.25, 0.3) is 0 Å². The Bertz CT molecular complexity index is 489. The molecular weight excluding hydrogens is 378 g/mol. The first-order chi connectivity index (χ1) is 14.9. The number of hydrogen-bond acceptors (Lipinski definition) is 6. The van der Waals surface area contributed by atoms with E-state index in [1.807, 2.05) is 6.07 Å². The third-order valence-electron chi connectivity index (χ3n) is 4.75. The Balaban J connectivity index is 1.95. The Kier molecular flexibility index (Phi) is 18.9. The molecule has 0 fully saturated rings. The van der Waals surface area contributed by atoms with Gasteiger partial charge in [0.15, 0.2) is 0 Å². The van der Waals surface area contributed by atoms with Crippen molar-refractivity contribution in [3.63, 3.8) is 0 Å². The van der Waals surface area contributed by atoms with Crippen molar-refractivity contribution in [1.29, 1.82) is 0 Å². The minimum absolute atomic E-state index is 0.561. The minimum Gasteiger partial charge on any atom is -0.492 e. The number of aryl methyl sites for hydroxylation is 1. The van der Waals surface area contributed by atoms with Crippen LogP contribution in [-0.2, 0) is 15.9 Å². The van der Waals surface area contributed by atoms with Crippen molar-refractivity contribution in [2.45, 2.75) is 51.9 Å². The zero-order valence-corrected chi connectivity index (χ0v) is 19.1. The second-order valence-corrected chi connectivity index (χ2v) is 7.53. The molecule has 0 aromatic heterocycles. The molecule has 30 heavy (non-hydrogen) atoms. The number of unbranched alkanes of at least 4 members (excludes halogenated alkanes) is 3. The van der Waals surface area contributed by atoms with Crippen LogP contribution in [0.15, 0.2) is 24.3 Å². The van der Waals surface area contributed by atoms with Gasteiger partial charge in [-0.15, -0.1) is 0 Å². The largest absolute Gasteiger partial charge is 0.492 e. The third-order valence-corrected chi connectivity index (χ3v) is 4.75. The fourth-order valence-electron chi connectivity index (χ4n) is 3.04. The molecule has 0 aliphatic heterocycles. The van der Waals surface area contributed by atoms with Gasteiger partial charge in [-0.2, -0.15) is 0 Å². The Morgan fingerprint density at radius 1 is 0.767 bits per heavy atom. The Labute approximate surface area is 184 Å². The molecule has 0 atom stereocenters. The van der Waals surface area contributed by atoms with Crippen LogP contribution in [0.4, 0.5) is 0 Å². The molecule has 0 bridgehead atoms. The van der Waals surface area contributed by atoms with E-state index in [4.69, 9.17) is 19.9 Å². The van der Waals surface area contributed by atoms with Gasteiger partial charge in [-0.1, -0.05) is 31.9 Å². The van der Waals surface area contributed by atoms with E-state index in [0.717, 1.165) is 51.4 Å². The lowest BCUT2D eigenvalue weighted by atomic mass is 10.1. The van der Waals surface area contributed by atoms with E-state index >= 15 is 0 Å². The molecule has 0 radical (unpaired) electrons. The fraction of sp³-hybridized carbons (Fsp3) is 0.750. The second kappa shape index (κ2) is 21.1. The summed E-state index contributed by atoms with van der Waals surface area (Å²) >= 11 is 0. The first kappa shape index (κ1) is 26.9. The monoisotopic (exact) mass is 423 g/mol. The van der Waals surface area contributed by atoms with Gasteiger partial charge in [0.05, 0.1) is 19.8 Å². The Hall–Kier alpha value is -1.18. The van der Waals surface area contributed by atoms with Gasteiger partial charge in [-0.05, 0) is 69.4 Å². The molecule has 1 rings (SSSR count). The predicted molar refractivity (Wildman–Crippen MR) is 125 cm³/mol. The number of hydrogen-bond donors (Lipinski definition) is 3. The molecule has 0 aliphatic carbocycles. The summed E-state index contributed by atoms with van der Waals surface area (Å²) < 4.78 is 16.7. The number of ether oxygens (including phenoxy) is 3. The molecule has 0 spiro atoms. The van der Waals surface area contributed by atoms with E-state index in [-0.39, 0.29) is 0 Å². The highest BCUT2D eigenvalue weighted by Gasteiger charge is 1.99. The average Bonchev–Trinajstić information content (AvgIpc) is 2.76. The number of benzene rings is 1. The summed E-state index contributed by atoms with van der Waals surface area (Å²) in [6, 6.07) is 8.37. The maximum Gasteiger partial charge on any atom is 0.119 e. The highest BCUT2D eigenvalue weighted by atomic mass is 16.5. The quantitative estimate of drug-likeness (QED) is 0.249. The van der Waals surface area contributed by atoms with Crippen molar-refractivity contribution in [2.75, 3.05) is 65.8 Å². The molecule has 0 unspecified atom stereocenters. The molecule has 4 N–H and O–H groups in total. The van der Waals surface area contributed by atoms with Crippen LogP contribution >= 0.6 is 0 Å². The first-order valence-electron chi connectivity index (χ1n) is 11.9. The maximum absolute atomic E-state index is 5.88. The SMILES string of the molecule is CCCCNCCCCCNCCOc1cccc(CCCOCCOCCN)c1. The normalized spacial score (nSPS) is 11.1. The molecule has 174 valence electrons. The van der Waals surface area contributed by atoms with Crippen molar-refractivity contribution in [3.8, 4) is 5.75 Å². The Morgan fingerprint density at radius 3 is 2.27 bits per heavy atom. The minimum atomic E-state index is 0.561. The predicted octanol–water partition coefficient (Wildman–Crippen LogP) is 3.14. The highest BCUT2D eigenvalue weighted by Crippen LogP contribution is 2.14. The van der Waals surface area contributed by atoms with Crippen molar-refractivity contribution >= 4 is 0 Å². The molecule has 0 amide bonds. The summed E-state index contributed by atoms with van der Waals surface area (Å²) in [5.41, 5.74) is 6.66. The smallest absolute Gasteiger partial charge is 0.119 e. The zero-order chi connectivity index (χ0) is 21.5. The Morgan fingerprint density at radius 2 is 1.50 bits per heavy atom. The molecule has 0 aliphatic rings. The summed E-state index contributed by atoms with van der Waals surface area (Å²) in [6.07, 6.45) is 8.31. The van der Waals surface area contributed by atoms with E-state index in [2.05, 4.69) is 35.8 Å². The summed E-state index contributed by atoms with van der Waals surface area (Å²) in [7, 11) is 0. The summed E-state index contributed by atoms with van der Waals surface area (Å²) in [5, 5.41) is 6.96. The van der Waals surface area contributed by atoms with Crippen molar-refractivity contribution in [2.24, 2.45) is 5.73 Å². The molecule has 1 aromatic carbocycles. The number of nitrogens with one attached hydrogen (secondary N) is 2. The van der Waals surface area contributed by atoms with Crippen LogP contribution in [0.5, 0.6) is 5.75 Å². The second-order valence-electron chi connectivity index (χ2n) is 7.53. The first-order valence-corrected chi connectivity index (χ1v) is 11.9. The van der Waals surface area contributed by atoms with Crippen molar-refractivity contribution < 1.29 is 14.2 Å². The van der Waals surface area contributed by atoms with E-state index in [9.17, 15) is 0 Å². The van der Waals surface area contributed by atoms with Crippen molar-refractivity contribution in [3.05, 3.63) is 29.8 Å². The third kappa shape index (κ3) is 16.6. The molecule has 6 heteroatoms. The molecule has 0 saturated carbocycles. The topological polar surface area (TPSA) is 77.8 Å².